The molecule has 0 aromatic carbocycles. The van der Waals surface area contributed by atoms with E-state index in [2.05, 4.69) is 4.98 Å². The van der Waals surface area contributed by atoms with Crippen LogP contribution in [-0.4, -0.2) is 34.1 Å². The predicted molar refractivity (Wildman–Crippen MR) is 69.7 cm³/mol. The van der Waals surface area contributed by atoms with Gasteiger partial charge in [-0.15, -0.1) is 0 Å². The van der Waals surface area contributed by atoms with Crippen molar-refractivity contribution in [3.8, 4) is 0 Å². The van der Waals surface area contributed by atoms with E-state index in [9.17, 15) is 14.7 Å². The SMILES string of the molecule is CC(C)C(N)C(=O)N1c2ncccc2CC1C(=O)O. The summed E-state index contributed by atoms with van der Waals surface area (Å²) in [5.74, 6) is -1.08. The Labute approximate surface area is 111 Å². The maximum atomic E-state index is 12.4. The lowest BCUT2D eigenvalue weighted by Gasteiger charge is -2.26. The third-order valence-corrected chi connectivity index (χ3v) is 3.35. The van der Waals surface area contributed by atoms with E-state index in [1.54, 1.807) is 18.3 Å². The third-order valence-electron chi connectivity index (χ3n) is 3.35. The molecule has 2 atom stereocenters. The number of hydrogen-bond acceptors (Lipinski definition) is 4. The van der Waals surface area contributed by atoms with Crippen LogP contribution in [0.4, 0.5) is 5.82 Å². The number of nitrogens with zero attached hydrogens (tertiary/aromatic N) is 2. The number of carbonyl (C=O) groups excluding carboxylic acids is 1. The van der Waals surface area contributed by atoms with E-state index in [1.807, 2.05) is 13.8 Å². The molecule has 1 aliphatic rings. The lowest BCUT2D eigenvalue weighted by atomic mass is 10.0. The van der Waals surface area contributed by atoms with Gasteiger partial charge in [-0.05, 0) is 17.5 Å². The molecule has 2 heterocycles. The van der Waals surface area contributed by atoms with Gasteiger partial charge in [0.05, 0.1) is 6.04 Å². The lowest BCUT2D eigenvalue weighted by molar-refractivity contribution is -0.140. The summed E-state index contributed by atoms with van der Waals surface area (Å²) < 4.78 is 0. The predicted octanol–water partition coefficient (Wildman–Crippen LogP) is 0.407. The van der Waals surface area contributed by atoms with Gasteiger partial charge in [-0.25, -0.2) is 9.78 Å². The van der Waals surface area contributed by atoms with Crippen molar-refractivity contribution in [2.45, 2.75) is 32.4 Å². The molecule has 2 rings (SSSR count). The number of pyridine rings is 1. The Hall–Kier alpha value is -1.95. The van der Waals surface area contributed by atoms with Crippen LogP contribution in [0, 0.1) is 5.92 Å². The van der Waals surface area contributed by atoms with Crippen molar-refractivity contribution in [2.75, 3.05) is 4.90 Å². The van der Waals surface area contributed by atoms with E-state index >= 15 is 0 Å². The van der Waals surface area contributed by atoms with Gasteiger partial charge in [-0.3, -0.25) is 9.69 Å². The highest BCUT2D eigenvalue weighted by molar-refractivity contribution is 6.03. The standard InChI is InChI=1S/C13H17N3O3/c1-7(2)10(14)12(17)16-9(13(18)19)6-8-4-3-5-15-11(8)16/h3-5,7,9-10H,6,14H2,1-2H3,(H,18,19). The average Bonchev–Trinajstić information content (AvgIpc) is 2.76. The Balaban J connectivity index is 2.39. The number of carboxylic acids is 1. The van der Waals surface area contributed by atoms with Gasteiger partial charge in [0, 0.05) is 12.6 Å². The van der Waals surface area contributed by atoms with E-state index in [1.165, 1.54) is 4.90 Å². The van der Waals surface area contributed by atoms with Gasteiger partial charge in [0.1, 0.15) is 11.9 Å². The van der Waals surface area contributed by atoms with E-state index in [0.717, 1.165) is 5.56 Å². The maximum absolute atomic E-state index is 12.4. The van der Waals surface area contributed by atoms with Crippen molar-refractivity contribution in [1.29, 1.82) is 0 Å². The van der Waals surface area contributed by atoms with Crippen molar-refractivity contribution in [2.24, 2.45) is 11.7 Å². The number of nitrogens with two attached hydrogens (primary N) is 1. The van der Waals surface area contributed by atoms with E-state index in [0.29, 0.717) is 5.82 Å². The van der Waals surface area contributed by atoms with Crippen molar-refractivity contribution >= 4 is 17.7 Å². The van der Waals surface area contributed by atoms with Crippen LogP contribution < -0.4 is 10.6 Å². The number of anilines is 1. The molecule has 6 heteroatoms. The van der Waals surface area contributed by atoms with Crippen LogP contribution in [0.2, 0.25) is 0 Å². The van der Waals surface area contributed by atoms with E-state index < -0.39 is 18.1 Å². The van der Waals surface area contributed by atoms with Crippen molar-refractivity contribution in [3.05, 3.63) is 23.9 Å². The fourth-order valence-electron chi connectivity index (χ4n) is 2.16. The molecule has 0 aliphatic carbocycles. The second-order valence-electron chi connectivity index (χ2n) is 5.02. The fourth-order valence-corrected chi connectivity index (χ4v) is 2.16. The van der Waals surface area contributed by atoms with E-state index in [-0.39, 0.29) is 18.2 Å². The summed E-state index contributed by atoms with van der Waals surface area (Å²) >= 11 is 0. The van der Waals surface area contributed by atoms with Gasteiger partial charge >= 0.3 is 5.97 Å². The minimum atomic E-state index is -1.04. The largest absolute Gasteiger partial charge is 0.480 e. The number of carboxylic acid groups (broad SMARTS) is 1. The number of hydrogen-bond donors (Lipinski definition) is 2. The molecule has 19 heavy (non-hydrogen) atoms. The first-order valence-corrected chi connectivity index (χ1v) is 6.18. The van der Waals surface area contributed by atoms with Gasteiger partial charge < -0.3 is 10.8 Å². The van der Waals surface area contributed by atoms with Crippen LogP contribution in [0.1, 0.15) is 19.4 Å². The molecule has 1 amide bonds. The smallest absolute Gasteiger partial charge is 0.327 e. The first-order chi connectivity index (χ1) is 8.93. The van der Waals surface area contributed by atoms with Gasteiger partial charge in [-0.2, -0.15) is 0 Å². The molecular weight excluding hydrogens is 246 g/mol. The zero-order chi connectivity index (χ0) is 14.2. The summed E-state index contributed by atoms with van der Waals surface area (Å²) in [5.41, 5.74) is 6.61. The van der Waals surface area contributed by atoms with Crippen LogP contribution in [0.25, 0.3) is 0 Å². The van der Waals surface area contributed by atoms with Crippen molar-refractivity contribution < 1.29 is 14.7 Å². The Morgan fingerprint density at radius 3 is 2.79 bits per heavy atom. The van der Waals surface area contributed by atoms with Crippen molar-refractivity contribution in [1.82, 2.24) is 4.98 Å². The highest BCUT2D eigenvalue weighted by Gasteiger charge is 2.41. The normalized spacial score (nSPS) is 19.4. The number of fused-ring (bicyclic) bond motifs is 1. The topological polar surface area (TPSA) is 96.5 Å². The molecule has 3 N–H and O–H groups in total. The van der Waals surface area contributed by atoms with Gasteiger partial charge in [0.2, 0.25) is 5.91 Å². The summed E-state index contributed by atoms with van der Waals surface area (Å²) in [6, 6.07) is 1.87. The number of aliphatic carboxylic acids is 1. The summed E-state index contributed by atoms with van der Waals surface area (Å²) in [7, 11) is 0. The summed E-state index contributed by atoms with van der Waals surface area (Å²) in [4.78, 5) is 29.0. The summed E-state index contributed by atoms with van der Waals surface area (Å²) in [6.45, 7) is 3.65. The van der Waals surface area contributed by atoms with Gasteiger partial charge in [-0.1, -0.05) is 19.9 Å². The lowest BCUT2D eigenvalue weighted by Crippen LogP contribution is -2.52. The molecule has 1 aromatic rings. The fraction of sp³-hybridized carbons (Fsp3) is 0.462. The first-order valence-electron chi connectivity index (χ1n) is 6.18. The first kappa shape index (κ1) is 13.5. The molecule has 0 saturated heterocycles. The maximum Gasteiger partial charge on any atom is 0.327 e. The molecule has 0 bridgehead atoms. The van der Waals surface area contributed by atoms with Crippen LogP contribution in [0.5, 0.6) is 0 Å². The average molecular weight is 263 g/mol. The van der Waals surface area contributed by atoms with Crippen molar-refractivity contribution in [3.63, 3.8) is 0 Å². The zero-order valence-corrected chi connectivity index (χ0v) is 10.9. The number of aromatic nitrogens is 1. The molecule has 6 nitrogen and oxygen atoms in total. The van der Waals surface area contributed by atoms with Crippen LogP contribution in [-0.2, 0) is 16.0 Å². The Bertz CT molecular complexity index is 516. The number of carbonyl (C=O) groups is 2. The molecule has 0 spiro atoms. The zero-order valence-electron chi connectivity index (χ0n) is 10.9. The Morgan fingerprint density at radius 1 is 1.53 bits per heavy atom. The molecule has 0 radical (unpaired) electrons. The molecule has 0 saturated carbocycles. The second kappa shape index (κ2) is 4.97. The minimum absolute atomic E-state index is 0.0605. The Morgan fingerprint density at radius 2 is 2.21 bits per heavy atom. The summed E-state index contributed by atoms with van der Waals surface area (Å²) in [6.07, 6.45) is 1.82. The molecule has 1 aromatic heterocycles. The van der Waals surface area contributed by atoms with Crippen LogP contribution >= 0.6 is 0 Å². The monoisotopic (exact) mass is 263 g/mol. The van der Waals surface area contributed by atoms with Crippen LogP contribution in [0.3, 0.4) is 0 Å². The van der Waals surface area contributed by atoms with Gasteiger partial charge in [0.15, 0.2) is 0 Å². The summed E-state index contributed by atoms with van der Waals surface area (Å²) in [5, 5.41) is 9.26. The van der Waals surface area contributed by atoms with E-state index in [4.69, 9.17) is 5.73 Å². The van der Waals surface area contributed by atoms with Crippen LogP contribution in [0.15, 0.2) is 18.3 Å². The molecule has 2 unspecified atom stereocenters. The Kier molecular flexibility index (Phi) is 3.53. The second-order valence-corrected chi connectivity index (χ2v) is 5.02. The quantitative estimate of drug-likeness (QED) is 0.823. The molecule has 102 valence electrons. The molecule has 1 aliphatic heterocycles. The minimum Gasteiger partial charge on any atom is -0.480 e. The highest BCUT2D eigenvalue weighted by atomic mass is 16.4. The number of amides is 1. The number of rotatable bonds is 3. The highest BCUT2D eigenvalue weighted by Crippen LogP contribution is 2.30. The molecular formula is C13H17N3O3. The molecule has 0 fully saturated rings. The third kappa shape index (κ3) is 2.31. The van der Waals surface area contributed by atoms with Gasteiger partial charge in [0.25, 0.3) is 0 Å².